The molecule has 0 saturated heterocycles. The molecule has 0 amide bonds. The van der Waals surface area contributed by atoms with E-state index in [1.54, 1.807) is 12.1 Å². The molecule has 2 aromatic carbocycles. The molecule has 19 heavy (non-hydrogen) atoms. The minimum atomic E-state index is -0.00737. The van der Waals surface area contributed by atoms with Gasteiger partial charge in [-0.3, -0.25) is 0 Å². The quantitative estimate of drug-likeness (QED) is 0.715. The van der Waals surface area contributed by atoms with E-state index in [0.717, 1.165) is 22.2 Å². The van der Waals surface area contributed by atoms with E-state index >= 15 is 0 Å². The average molecular weight is 246 g/mol. The van der Waals surface area contributed by atoms with Crippen molar-refractivity contribution in [3.05, 3.63) is 60.2 Å². The zero-order chi connectivity index (χ0) is 13.2. The summed E-state index contributed by atoms with van der Waals surface area (Å²) in [6.07, 6.45) is 0. The van der Waals surface area contributed by atoms with Crippen LogP contribution in [0, 0.1) is 11.3 Å². The third-order valence-corrected chi connectivity index (χ3v) is 3.01. The van der Waals surface area contributed by atoms with Crippen LogP contribution in [0.3, 0.4) is 0 Å². The number of nitriles is 1. The number of aromatic nitrogens is 1. The summed E-state index contributed by atoms with van der Waals surface area (Å²) >= 11 is 0. The number of benzene rings is 2. The summed E-state index contributed by atoms with van der Waals surface area (Å²) < 4.78 is 0. The minimum Gasteiger partial charge on any atom is -0.507 e. The third-order valence-electron chi connectivity index (χ3n) is 3.01. The average Bonchev–Trinajstić information content (AvgIpc) is 2.47. The molecule has 0 spiro atoms. The second-order valence-electron chi connectivity index (χ2n) is 4.23. The van der Waals surface area contributed by atoms with Crippen LogP contribution in [-0.2, 0) is 0 Å². The van der Waals surface area contributed by atoms with Gasteiger partial charge in [0.1, 0.15) is 11.8 Å². The number of phenolic OH excluding ortho intramolecular Hbond substituents is 1. The van der Waals surface area contributed by atoms with E-state index < -0.39 is 0 Å². The Morgan fingerprint density at radius 1 is 1.00 bits per heavy atom. The Bertz CT molecular complexity index is 803. The van der Waals surface area contributed by atoms with E-state index in [1.165, 1.54) is 6.07 Å². The highest BCUT2D eigenvalue weighted by Gasteiger charge is 2.05. The summed E-state index contributed by atoms with van der Waals surface area (Å²) in [5.74, 6) is -0.00737. The Morgan fingerprint density at radius 2 is 1.84 bits per heavy atom. The fourth-order valence-corrected chi connectivity index (χ4v) is 2.01. The fourth-order valence-electron chi connectivity index (χ4n) is 2.01. The molecular weight excluding hydrogens is 236 g/mol. The highest BCUT2D eigenvalue weighted by Crippen LogP contribution is 2.25. The van der Waals surface area contributed by atoms with Gasteiger partial charge in [-0.1, -0.05) is 24.3 Å². The number of rotatable bonds is 1. The van der Waals surface area contributed by atoms with Crippen LogP contribution in [0.25, 0.3) is 22.2 Å². The van der Waals surface area contributed by atoms with Crippen LogP contribution in [0.4, 0.5) is 0 Å². The van der Waals surface area contributed by atoms with Gasteiger partial charge >= 0.3 is 0 Å². The van der Waals surface area contributed by atoms with Crippen LogP contribution in [0.1, 0.15) is 5.56 Å². The van der Waals surface area contributed by atoms with Gasteiger partial charge in [-0.05, 0) is 30.3 Å². The van der Waals surface area contributed by atoms with Gasteiger partial charge in [0.05, 0.1) is 16.8 Å². The van der Waals surface area contributed by atoms with Crippen LogP contribution in [0.5, 0.6) is 5.75 Å². The summed E-state index contributed by atoms with van der Waals surface area (Å²) in [6.45, 7) is 0. The summed E-state index contributed by atoms with van der Waals surface area (Å²) in [6, 6.07) is 18.7. The summed E-state index contributed by atoms with van der Waals surface area (Å²) in [4.78, 5) is 4.56. The fraction of sp³-hybridized carbons (Fsp3) is 0. The Labute approximate surface area is 110 Å². The van der Waals surface area contributed by atoms with Crippen LogP contribution >= 0.6 is 0 Å². The lowest BCUT2D eigenvalue weighted by Crippen LogP contribution is -1.86. The molecule has 1 aromatic heterocycles. The number of fused-ring (bicyclic) bond motifs is 1. The molecule has 3 rings (SSSR count). The molecule has 0 atom stereocenters. The zero-order valence-corrected chi connectivity index (χ0v) is 10.0. The highest BCUT2D eigenvalue weighted by atomic mass is 16.3. The molecule has 90 valence electrons. The molecule has 0 unspecified atom stereocenters. The summed E-state index contributed by atoms with van der Waals surface area (Å²) in [5.41, 5.74) is 2.77. The van der Waals surface area contributed by atoms with Crippen molar-refractivity contribution in [1.29, 1.82) is 5.26 Å². The Kier molecular flexibility index (Phi) is 2.62. The van der Waals surface area contributed by atoms with Gasteiger partial charge < -0.3 is 5.11 Å². The number of para-hydroxylation sites is 1. The molecule has 0 saturated carbocycles. The molecule has 0 bridgehead atoms. The predicted octanol–water partition coefficient (Wildman–Crippen LogP) is 3.48. The molecule has 0 radical (unpaired) electrons. The van der Waals surface area contributed by atoms with Crippen LogP contribution in [0.15, 0.2) is 54.6 Å². The molecule has 1 N–H and O–H groups in total. The lowest BCUT2D eigenvalue weighted by molar-refractivity contribution is 0.473. The second-order valence-corrected chi connectivity index (χ2v) is 4.23. The Hall–Kier alpha value is -2.86. The standard InChI is InChI=1S/C16H10N2O/c17-10-13-9-12(6-8-16(13)19)15-7-5-11-3-1-2-4-14(11)18-15/h1-9,19H. The van der Waals surface area contributed by atoms with Crippen molar-refractivity contribution in [2.24, 2.45) is 0 Å². The predicted molar refractivity (Wildman–Crippen MR) is 73.6 cm³/mol. The number of hydrogen-bond acceptors (Lipinski definition) is 3. The Morgan fingerprint density at radius 3 is 2.68 bits per heavy atom. The van der Waals surface area contributed by atoms with Crippen LogP contribution < -0.4 is 0 Å². The maximum Gasteiger partial charge on any atom is 0.133 e. The monoisotopic (exact) mass is 246 g/mol. The lowest BCUT2D eigenvalue weighted by Gasteiger charge is -2.04. The second kappa shape index (κ2) is 4.43. The number of nitrogens with zero attached hydrogens (tertiary/aromatic N) is 2. The lowest BCUT2D eigenvalue weighted by atomic mass is 10.1. The van der Waals surface area contributed by atoms with Crippen molar-refractivity contribution in [2.45, 2.75) is 0 Å². The van der Waals surface area contributed by atoms with Gasteiger partial charge in [0.25, 0.3) is 0 Å². The molecule has 1 heterocycles. The largest absolute Gasteiger partial charge is 0.507 e. The maximum absolute atomic E-state index is 9.51. The zero-order valence-electron chi connectivity index (χ0n) is 10.0. The first-order valence-electron chi connectivity index (χ1n) is 5.87. The van der Waals surface area contributed by atoms with E-state index in [2.05, 4.69) is 4.98 Å². The maximum atomic E-state index is 9.51. The van der Waals surface area contributed by atoms with Gasteiger partial charge in [0.15, 0.2) is 0 Å². The number of pyridine rings is 1. The molecule has 0 aliphatic carbocycles. The smallest absolute Gasteiger partial charge is 0.133 e. The SMILES string of the molecule is N#Cc1cc(-c2ccc3ccccc3n2)ccc1O. The van der Waals surface area contributed by atoms with Gasteiger partial charge in [-0.15, -0.1) is 0 Å². The van der Waals surface area contributed by atoms with E-state index in [0.29, 0.717) is 0 Å². The topological polar surface area (TPSA) is 56.9 Å². The van der Waals surface area contributed by atoms with E-state index in [1.807, 2.05) is 42.5 Å². The molecular formula is C16H10N2O. The van der Waals surface area contributed by atoms with Gasteiger partial charge in [0, 0.05) is 10.9 Å². The van der Waals surface area contributed by atoms with Crippen molar-refractivity contribution in [3.63, 3.8) is 0 Å². The molecule has 3 nitrogen and oxygen atoms in total. The molecule has 3 heteroatoms. The van der Waals surface area contributed by atoms with Crippen molar-refractivity contribution in [2.75, 3.05) is 0 Å². The van der Waals surface area contributed by atoms with Gasteiger partial charge in [0.2, 0.25) is 0 Å². The third kappa shape index (κ3) is 2.00. The van der Waals surface area contributed by atoms with Crippen molar-refractivity contribution >= 4 is 10.9 Å². The normalized spacial score (nSPS) is 10.3. The number of aromatic hydroxyl groups is 1. The molecule has 0 fully saturated rings. The number of hydrogen-bond donors (Lipinski definition) is 1. The first-order valence-corrected chi connectivity index (χ1v) is 5.87. The molecule has 3 aromatic rings. The summed E-state index contributed by atoms with van der Waals surface area (Å²) in [5, 5.41) is 19.5. The summed E-state index contributed by atoms with van der Waals surface area (Å²) in [7, 11) is 0. The van der Waals surface area contributed by atoms with Crippen molar-refractivity contribution in [3.8, 4) is 23.1 Å². The van der Waals surface area contributed by atoms with Gasteiger partial charge in [-0.25, -0.2) is 4.98 Å². The molecule has 0 aliphatic heterocycles. The van der Waals surface area contributed by atoms with Crippen molar-refractivity contribution < 1.29 is 5.11 Å². The van der Waals surface area contributed by atoms with E-state index in [-0.39, 0.29) is 11.3 Å². The van der Waals surface area contributed by atoms with Crippen LogP contribution in [-0.4, -0.2) is 10.1 Å². The first-order chi connectivity index (χ1) is 9.28. The first kappa shape index (κ1) is 11.2. The van der Waals surface area contributed by atoms with Crippen LogP contribution in [0.2, 0.25) is 0 Å². The Balaban J connectivity index is 2.16. The molecule has 0 aliphatic rings. The minimum absolute atomic E-state index is 0.00737. The highest BCUT2D eigenvalue weighted by molar-refractivity contribution is 5.81. The number of phenols is 1. The van der Waals surface area contributed by atoms with E-state index in [9.17, 15) is 5.11 Å². The van der Waals surface area contributed by atoms with Gasteiger partial charge in [-0.2, -0.15) is 5.26 Å². The van der Waals surface area contributed by atoms with E-state index in [4.69, 9.17) is 5.26 Å². The van der Waals surface area contributed by atoms with Crippen molar-refractivity contribution in [1.82, 2.24) is 4.98 Å².